The van der Waals surface area contributed by atoms with Crippen LogP contribution in [-0.2, 0) is 16.0 Å². The fraction of sp³-hybridized carbons (Fsp3) is 0.200. The molecule has 0 heterocycles. The van der Waals surface area contributed by atoms with Gasteiger partial charge in [-0.1, -0.05) is 41.1 Å². The van der Waals surface area contributed by atoms with Crippen molar-refractivity contribution in [2.75, 3.05) is 11.9 Å². The van der Waals surface area contributed by atoms with Gasteiger partial charge in [-0.15, -0.1) is 0 Å². The van der Waals surface area contributed by atoms with E-state index in [9.17, 15) is 18.4 Å². The number of hydrogen-bond acceptors (Lipinski definition) is 3. The maximum Gasteiger partial charge on any atom is 0.387 e. The first kappa shape index (κ1) is 21.6. The van der Waals surface area contributed by atoms with Crippen LogP contribution in [0.15, 0.2) is 53.0 Å². The van der Waals surface area contributed by atoms with Crippen molar-refractivity contribution in [1.29, 1.82) is 0 Å². The van der Waals surface area contributed by atoms with Crippen LogP contribution in [0.1, 0.15) is 18.1 Å². The zero-order chi connectivity index (χ0) is 20.5. The number of anilines is 1. The minimum atomic E-state index is -2.98. The van der Waals surface area contributed by atoms with Crippen molar-refractivity contribution in [3.8, 4) is 5.75 Å². The molecule has 0 bridgehead atoms. The molecule has 8 heteroatoms. The highest BCUT2D eigenvalue weighted by molar-refractivity contribution is 9.10. The van der Waals surface area contributed by atoms with E-state index in [1.54, 1.807) is 12.1 Å². The SMILES string of the molecule is CCc1ccccc1NC(=O)CNC(=O)/C=C/c1cc(Br)ccc1OC(F)F. The Morgan fingerprint density at radius 1 is 1.21 bits per heavy atom. The Bertz CT molecular complexity index is 872. The van der Waals surface area contributed by atoms with Gasteiger partial charge in [0.1, 0.15) is 5.75 Å². The average molecular weight is 453 g/mol. The van der Waals surface area contributed by atoms with Gasteiger partial charge in [-0.25, -0.2) is 0 Å². The predicted octanol–water partition coefficient (Wildman–Crippen LogP) is 4.38. The van der Waals surface area contributed by atoms with E-state index in [0.29, 0.717) is 15.7 Å². The van der Waals surface area contributed by atoms with Crippen molar-refractivity contribution < 1.29 is 23.1 Å². The molecular formula is C20H19BrF2N2O3. The third-order valence-corrected chi connectivity index (χ3v) is 4.19. The largest absolute Gasteiger partial charge is 0.434 e. The summed E-state index contributed by atoms with van der Waals surface area (Å²) in [6.45, 7) is -1.22. The lowest BCUT2D eigenvalue weighted by molar-refractivity contribution is -0.121. The van der Waals surface area contributed by atoms with Gasteiger partial charge in [0, 0.05) is 21.8 Å². The second-order valence-corrected chi connectivity index (χ2v) is 6.59. The molecule has 0 aliphatic heterocycles. The van der Waals surface area contributed by atoms with Crippen LogP contribution in [0.5, 0.6) is 5.75 Å². The van der Waals surface area contributed by atoms with Gasteiger partial charge in [0.25, 0.3) is 0 Å². The first-order valence-corrected chi connectivity index (χ1v) is 9.26. The smallest absolute Gasteiger partial charge is 0.387 e. The van der Waals surface area contributed by atoms with Crippen molar-refractivity contribution in [2.24, 2.45) is 0 Å². The quantitative estimate of drug-likeness (QED) is 0.583. The van der Waals surface area contributed by atoms with E-state index in [4.69, 9.17) is 0 Å². The molecule has 2 amide bonds. The predicted molar refractivity (Wildman–Crippen MR) is 107 cm³/mol. The number of amides is 2. The molecule has 0 aliphatic rings. The molecule has 2 aromatic carbocycles. The van der Waals surface area contributed by atoms with E-state index in [0.717, 1.165) is 18.1 Å². The van der Waals surface area contributed by atoms with Crippen molar-refractivity contribution in [2.45, 2.75) is 20.0 Å². The molecule has 2 rings (SSSR count). The third-order valence-electron chi connectivity index (χ3n) is 3.70. The first-order valence-electron chi connectivity index (χ1n) is 8.47. The Hall–Kier alpha value is -2.74. The molecule has 0 saturated carbocycles. The zero-order valence-corrected chi connectivity index (χ0v) is 16.6. The fourth-order valence-electron chi connectivity index (χ4n) is 2.39. The summed E-state index contributed by atoms with van der Waals surface area (Å²) in [5.74, 6) is -0.968. The highest BCUT2D eigenvalue weighted by atomic mass is 79.9. The summed E-state index contributed by atoms with van der Waals surface area (Å²) in [6, 6.07) is 11.8. The third kappa shape index (κ3) is 6.77. The number of hydrogen-bond donors (Lipinski definition) is 2. The number of carbonyl (C=O) groups excluding carboxylic acids is 2. The van der Waals surface area contributed by atoms with Gasteiger partial charge in [0.15, 0.2) is 0 Å². The molecule has 0 fully saturated rings. The number of nitrogens with one attached hydrogen (secondary N) is 2. The standard InChI is InChI=1S/C20H19BrF2N2O3/c1-2-13-5-3-4-6-16(13)25-19(27)12-24-18(26)10-7-14-11-15(21)8-9-17(14)28-20(22)23/h3-11,20H,2,12H2,1H3,(H,24,26)(H,25,27)/b10-7+. The van der Waals surface area contributed by atoms with E-state index in [1.165, 1.54) is 18.2 Å². The van der Waals surface area contributed by atoms with Gasteiger partial charge < -0.3 is 15.4 Å². The van der Waals surface area contributed by atoms with Crippen molar-refractivity contribution >= 4 is 39.5 Å². The number of benzene rings is 2. The van der Waals surface area contributed by atoms with Crippen LogP contribution in [-0.4, -0.2) is 25.0 Å². The maximum absolute atomic E-state index is 12.5. The molecule has 0 unspecified atom stereocenters. The Balaban J connectivity index is 1.93. The fourth-order valence-corrected chi connectivity index (χ4v) is 2.77. The van der Waals surface area contributed by atoms with Gasteiger partial charge in [0.2, 0.25) is 11.8 Å². The van der Waals surface area contributed by atoms with Gasteiger partial charge >= 0.3 is 6.61 Å². The molecule has 0 aromatic heterocycles. The van der Waals surface area contributed by atoms with Crippen LogP contribution < -0.4 is 15.4 Å². The lowest BCUT2D eigenvalue weighted by Gasteiger charge is -2.10. The first-order chi connectivity index (χ1) is 13.4. The number of carbonyl (C=O) groups is 2. The summed E-state index contributed by atoms with van der Waals surface area (Å²) < 4.78 is 30.0. The second kappa shape index (κ2) is 10.6. The molecule has 0 atom stereocenters. The molecule has 0 spiro atoms. The number of ether oxygens (including phenoxy) is 1. The van der Waals surface area contributed by atoms with Gasteiger partial charge in [-0.2, -0.15) is 8.78 Å². The minimum Gasteiger partial charge on any atom is -0.434 e. The van der Waals surface area contributed by atoms with Gasteiger partial charge in [-0.3, -0.25) is 9.59 Å². The Morgan fingerprint density at radius 2 is 1.96 bits per heavy atom. The molecule has 0 saturated heterocycles. The van der Waals surface area contributed by atoms with E-state index in [1.807, 2.05) is 25.1 Å². The topological polar surface area (TPSA) is 67.4 Å². The monoisotopic (exact) mass is 452 g/mol. The summed E-state index contributed by atoms with van der Waals surface area (Å²) >= 11 is 3.23. The van der Waals surface area contributed by atoms with Crippen LogP contribution in [0.3, 0.4) is 0 Å². The molecule has 2 N–H and O–H groups in total. The molecule has 5 nitrogen and oxygen atoms in total. The van der Waals surface area contributed by atoms with Gasteiger partial charge in [0.05, 0.1) is 6.54 Å². The Kier molecular flexibility index (Phi) is 8.13. The summed E-state index contributed by atoms with van der Waals surface area (Å²) in [6.07, 6.45) is 3.25. The molecular weight excluding hydrogens is 434 g/mol. The van der Waals surface area contributed by atoms with Gasteiger partial charge in [-0.05, 0) is 42.3 Å². The average Bonchev–Trinajstić information content (AvgIpc) is 2.66. The number of rotatable bonds is 8. The van der Waals surface area contributed by atoms with E-state index in [2.05, 4.69) is 31.3 Å². The lowest BCUT2D eigenvalue weighted by atomic mass is 10.1. The highest BCUT2D eigenvalue weighted by Crippen LogP contribution is 2.26. The van der Waals surface area contributed by atoms with Crippen LogP contribution in [0, 0.1) is 0 Å². The van der Waals surface area contributed by atoms with Crippen molar-refractivity contribution in [3.63, 3.8) is 0 Å². The minimum absolute atomic E-state index is 0.0591. The Morgan fingerprint density at radius 3 is 2.68 bits per heavy atom. The normalized spacial score (nSPS) is 10.9. The molecule has 148 valence electrons. The number of aryl methyl sites for hydroxylation is 1. The lowest BCUT2D eigenvalue weighted by Crippen LogP contribution is -2.31. The van der Waals surface area contributed by atoms with Crippen molar-refractivity contribution in [1.82, 2.24) is 5.32 Å². The summed E-state index contributed by atoms with van der Waals surface area (Å²) in [7, 11) is 0. The van der Waals surface area contributed by atoms with Crippen LogP contribution in [0.4, 0.5) is 14.5 Å². The Labute approximate surface area is 169 Å². The number of para-hydroxylation sites is 1. The molecule has 0 aliphatic carbocycles. The van der Waals surface area contributed by atoms with Crippen LogP contribution >= 0.6 is 15.9 Å². The van der Waals surface area contributed by atoms with E-state index < -0.39 is 12.5 Å². The van der Waals surface area contributed by atoms with E-state index >= 15 is 0 Å². The van der Waals surface area contributed by atoms with Crippen LogP contribution in [0.25, 0.3) is 6.08 Å². The molecule has 2 aromatic rings. The zero-order valence-electron chi connectivity index (χ0n) is 15.0. The highest BCUT2D eigenvalue weighted by Gasteiger charge is 2.10. The number of alkyl halides is 2. The molecule has 0 radical (unpaired) electrons. The van der Waals surface area contributed by atoms with E-state index in [-0.39, 0.29) is 18.2 Å². The summed E-state index contributed by atoms with van der Waals surface area (Å²) in [4.78, 5) is 24.0. The molecule has 28 heavy (non-hydrogen) atoms. The summed E-state index contributed by atoms with van der Waals surface area (Å²) in [5, 5.41) is 5.19. The summed E-state index contributed by atoms with van der Waals surface area (Å²) in [5.41, 5.74) is 1.98. The maximum atomic E-state index is 12.5. The van der Waals surface area contributed by atoms with Crippen molar-refractivity contribution in [3.05, 3.63) is 64.1 Å². The number of halogens is 3. The van der Waals surface area contributed by atoms with Crippen LogP contribution in [0.2, 0.25) is 0 Å². The second-order valence-electron chi connectivity index (χ2n) is 5.67.